The van der Waals surface area contributed by atoms with Gasteiger partial charge in [0, 0.05) is 34.7 Å². The van der Waals surface area contributed by atoms with Crippen LogP contribution in [0.5, 0.6) is 0 Å². The molecule has 1 heterocycles. The highest BCUT2D eigenvalue weighted by Gasteiger charge is 2.29. The first-order valence-corrected chi connectivity index (χ1v) is 9.83. The molecule has 0 aliphatic carbocycles. The standard InChI is InChI=1S/C23H21ClN2O2/c24-19-12-10-17(11-13-19)23(28)26-14-4-7-18(15-26)22(27)25-21-9-3-6-16-5-1-2-8-20(16)21/h1-3,5-6,8-13,18H,4,7,14-15H2,(H,25,27)/t18-/m1/s1. The Kier molecular flexibility index (Phi) is 5.31. The molecule has 0 radical (unpaired) electrons. The first-order valence-electron chi connectivity index (χ1n) is 9.45. The van der Waals surface area contributed by atoms with Gasteiger partial charge in [0.2, 0.25) is 5.91 Å². The van der Waals surface area contributed by atoms with E-state index in [0.717, 1.165) is 29.3 Å². The summed E-state index contributed by atoms with van der Waals surface area (Å²) in [6.45, 7) is 1.09. The van der Waals surface area contributed by atoms with E-state index in [1.54, 1.807) is 29.2 Å². The second-order valence-electron chi connectivity index (χ2n) is 7.11. The molecule has 2 amide bonds. The third-order valence-corrected chi connectivity index (χ3v) is 5.47. The number of fused-ring (bicyclic) bond motifs is 1. The highest BCUT2D eigenvalue weighted by atomic mass is 35.5. The van der Waals surface area contributed by atoms with Crippen LogP contribution in [-0.2, 0) is 4.79 Å². The normalized spacial score (nSPS) is 16.8. The zero-order chi connectivity index (χ0) is 19.5. The van der Waals surface area contributed by atoms with Gasteiger partial charge in [0.1, 0.15) is 0 Å². The van der Waals surface area contributed by atoms with Gasteiger partial charge in [-0.05, 0) is 48.6 Å². The summed E-state index contributed by atoms with van der Waals surface area (Å²) in [6.07, 6.45) is 1.59. The Balaban J connectivity index is 1.47. The highest BCUT2D eigenvalue weighted by Crippen LogP contribution is 2.25. The number of nitrogens with zero attached hydrogens (tertiary/aromatic N) is 1. The summed E-state index contributed by atoms with van der Waals surface area (Å²) in [5.41, 5.74) is 1.41. The summed E-state index contributed by atoms with van der Waals surface area (Å²) in [5.74, 6) is -0.312. The van der Waals surface area contributed by atoms with Crippen molar-refractivity contribution in [2.24, 2.45) is 5.92 Å². The summed E-state index contributed by atoms with van der Waals surface area (Å²) in [4.78, 5) is 27.4. The summed E-state index contributed by atoms with van der Waals surface area (Å²) in [5, 5.41) is 5.77. The van der Waals surface area contributed by atoms with Gasteiger partial charge in [-0.15, -0.1) is 0 Å². The van der Waals surface area contributed by atoms with E-state index in [-0.39, 0.29) is 17.7 Å². The Morgan fingerprint density at radius 1 is 0.964 bits per heavy atom. The van der Waals surface area contributed by atoms with Gasteiger partial charge in [0.15, 0.2) is 0 Å². The van der Waals surface area contributed by atoms with Crippen LogP contribution in [0.15, 0.2) is 66.7 Å². The predicted octanol–water partition coefficient (Wildman–Crippen LogP) is 4.98. The van der Waals surface area contributed by atoms with Crippen LogP contribution in [0, 0.1) is 5.92 Å². The number of benzene rings is 3. The highest BCUT2D eigenvalue weighted by molar-refractivity contribution is 6.30. The number of carbonyl (C=O) groups excluding carboxylic acids is 2. The van der Waals surface area contributed by atoms with Gasteiger partial charge in [-0.3, -0.25) is 9.59 Å². The topological polar surface area (TPSA) is 49.4 Å². The van der Waals surface area contributed by atoms with E-state index >= 15 is 0 Å². The Bertz CT molecular complexity index is 1010. The first kappa shape index (κ1) is 18.5. The molecule has 4 rings (SSSR count). The Labute approximate surface area is 169 Å². The van der Waals surface area contributed by atoms with Crippen LogP contribution in [0.25, 0.3) is 10.8 Å². The number of hydrogen-bond donors (Lipinski definition) is 1. The van der Waals surface area contributed by atoms with Crippen molar-refractivity contribution in [3.63, 3.8) is 0 Å². The minimum absolute atomic E-state index is 0.0371. The molecule has 0 saturated carbocycles. The summed E-state index contributed by atoms with van der Waals surface area (Å²) < 4.78 is 0. The van der Waals surface area contributed by atoms with Crippen LogP contribution < -0.4 is 5.32 Å². The quantitative estimate of drug-likeness (QED) is 0.683. The maximum Gasteiger partial charge on any atom is 0.253 e. The number of piperidine rings is 1. The van der Waals surface area contributed by atoms with Gasteiger partial charge in [0.05, 0.1) is 5.92 Å². The Hall–Kier alpha value is -2.85. The van der Waals surface area contributed by atoms with Gasteiger partial charge in [0.25, 0.3) is 5.91 Å². The molecular weight excluding hydrogens is 372 g/mol. The number of hydrogen-bond acceptors (Lipinski definition) is 2. The molecule has 4 nitrogen and oxygen atoms in total. The van der Waals surface area contributed by atoms with Crippen molar-refractivity contribution in [2.45, 2.75) is 12.8 Å². The van der Waals surface area contributed by atoms with E-state index < -0.39 is 0 Å². The molecule has 1 atom stereocenters. The van der Waals surface area contributed by atoms with Gasteiger partial charge >= 0.3 is 0 Å². The average Bonchev–Trinajstić information content (AvgIpc) is 2.74. The van der Waals surface area contributed by atoms with E-state index in [1.807, 2.05) is 42.5 Å². The lowest BCUT2D eigenvalue weighted by Gasteiger charge is -2.32. The molecule has 3 aromatic rings. The van der Waals surface area contributed by atoms with Gasteiger partial charge < -0.3 is 10.2 Å². The lowest BCUT2D eigenvalue weighted by Crippen LogP contribution is -2.43. The largest absolute Gasteiger partial charge is 0.338 e. The molecule has 5 heteroatoms. The number of rotatable bonds is 3. The molecule has 142 valence electrons. The van der Waals surface area contributed by atoms with Crippen LogP contribution in [0.3, 0.4) is 0 Å². The molecule has 0 bridgehead atoms. The number of anilines is 1. The molecule has 0 unspecified atom stereocenters. The zero-order valence-electron chi connectivity index (χ0n) is 15.4. The number of nitrogens with one attached hydrogen (secondary N) is 1. The Morgan fingerprint density at radius 2 is 1.71 bits per heavy atom. The number of halogens is 1. The minimum atomic E-state index is -0.219. The van der Waals surface area contributed by atoms with Gasteiger partial charge in [-0.2, -0.15) is 0 Å². The van der Waals surface area contributed by atoms with Crippen LogP contribution in [0.4, 0.5) is 5.69 Å². The number of likely N-dealkylation sites (tertiary alicyclic amines) is 1. The van der Waals surface area contributed by atoms with E-state index in [9.17, 15) is 9.59 Å². The fraction of sp³-hybridized carbons (Fsp3) is 0.217. The lowest BCUT2D eigenvalue weighted by molar-refractivity contribution is -0.121. The van der Waals surface area contributed by atoms with Crippen LogP contribution >= 0.6 is 11.6 Å². The third-order valence-electron chi connectivity index (χ3n) is 5.22. The van der Waals surface area contributed by atoms with Crippen LogP contribution in [-0.4, -0.2) is 29.8 Å². The third kappa shape index (κ3) is 3.87. The average molecular weight is 393 g/mol. The van der Waals surface area contributed by atoms with Crippen molar-refractivity contribution in [1.82, 2.24) is 4.90 Å². The maximum atomic E-state index is 12.9. The van der Waals surface area contributed by atoms with Crippen molar-refractivity contribution in [3.8, 4) is 0 Å². The summed E-state index contributed by atoms with van der Waals surface area (Å²) in [6, 6.07) is 20.7. The van der Waals surface area contributed by atoms with E-state index in [2.05, 4.69) is 5.32 Å². The molecule has 0 aromatic heterocycles. The zero-order valence-corrected chi connectivity index (χ0v) is 16.2. The first-order chi connectivity index (χ1) is 13.6. The summed E-state index contributed by atoms with van der Waals surface area (Å²) >= 11 is 5.91. The van der Waals surface area contributed by atoms with Crippen molar-refractivity contribution in [1.29, 1.82) is 0 Å². The predicted molar refractivity (Wildman–Crippen MR) is 113 cm³/mol. The molecular formula is C23H21ClN2O2. The van der Waals surface area contributed by atoms with Crippen LogP contribution in [0.1, 0.15) is 23.2 Å². The molecule has 28 heavy (non-hydrogen) atoms. The molecule has 1 aliphatic rings. The second kappa shape index (κ2) is 8.03. The van der Waals surface area contributed by atoms with E-state index in [1.165, 1.54) is 0 Å². The second-order valence-corrected chi connectivity index (χ2v) is 7.55. The molecule has 1 N–H and O–H groups in total. The molecule has 1 aliphatic heterocycles. The molecule has 0 spiro atoms. The molecule has 1 fully saturated rings. The van der Waals surface area contributed by atoms with Gasteiger partial charge in [-0.25, -0.2) is 0 Å². The number of carbonyl (C=O) groups is 2. The van der Waals surface area contributed by atoms with Crippen molar-refractivity contribution in [2.75, 3.05) is 18.4 Å². The fourth-order valence-electron chi connectivity index (χ4n) is 3.72. The van der Waals surface area contributed by atoms with E-state index in [4.69, 9.17) is 11.6 Å². The Morgan fingerprint density at radius 3 is 2.54 bits per heavy atom. The van der Waals surface area contributed by atoms with Crippen molar-refractivity contribution >= 4 is 39.9 Å². The van der Waals surface area contributed by atoms with E-state index in [0.29, 0.717) is 23.7 Å². The summed E-state index contributed by atoms with van der Waals surface area (Å²) in [7, 11) is 0. The molecule has 3 aromatic carbocycles. The van der Waals surface area contributed by atoms with Gasteiger partial charge in [-0.1, -0.05) is 48.0 Å². The molecule has 1 saturated heterocycles. The smallest absolute Gasteiger partial charge is 0.253 e. The van der Waals surface area contributed by atoms with Crippen LogP contribution in [0.2, 0.25) is 5.02 Å². The lowest BCUT2D eigenvalue weighted by atomic mass is 9.96. The minimum Gasteiger partial charge on any atom is -0.338 e. The maximum absolute atomic E-state index is 12.9. The number of amides is 2. The van der Waals surface area contributed by atoms with Crippen molar-refractivity contribution in [3.05, 3.63) is 77.3 Å². The fourth-order valence-corrected chi connectivity index (χ4v) is 3.85. The SMILES string of the molecule is O=C(Nc1cccc2ccccc12)[C@@H]1CCCN(C(=O)c2ccc(Cl)cc2)C1. The monoisotopic (exact) mass is 392 g/mol. The van der Waals surface area contributed by atoms with Crippen molar-refractivity contribution < 1.29 is 9.59 Å².